The molecule has 0 aliphatic heterocycles. The molecular formula is C14H21FN2. The van der Waals surface area contributed by atoms with Gasteiger partial charge in [-0.3, -0.25) is 4.98 Å². The SMILES string of the molecule is CNC(c1cncc(F)c1)C1(C)CCCCC1. The Morgan fingerprint density at radius 3 is 2.59 bits per heavy atom. The number of nitrogens with zero attached hydrogens (tertiary/aromatic N) is 1. The van der Waals surface area contributed by atoms with E-state index in [1.54, 1.807) is 12.3 Å². The Bertz CT molecular complexity index is 372. The van der Waals surface area contributed by atoms with E-state index in [0.717, 1.165) is 5.56 Å². The first-order chi connectivity index (χ1) is 8.15. The minimum Gasteiger partial charge on any atom is -0.312 e. The third kappa shape index (κ3) is 2.65. The average molecular weight is 236 g/mol. The minimum absolute atomic E-state index is 0.200. The summed E-state index contributed by atoms with van der Waals surface area (Å²) < 4.78 is 13.3. The van der Waals surface area contributed by atoms with Crippen molar-refractivity contribution in [1.82, 2.24) is 10.3 Å². The number of nitrogens with one attached hydrogen (secondary N) is 1. The van der Waals surface area contributed by atoms with Crippen LogP contribution >= 0.6 is 0 Å². The van der Waals surface area contributed by atoms with E-state index in [4.69, 9.17) is 0 Å². The molecule has 1 unspecified atom stereocenters. The molecule has 1 heterocycles. The lowest BCUT2D eigenvalue weighted by Crippen LogP contribution is -2.36. The van der Waals surface area contributed by atoms with Crippen LogP contribution in [0.15, 0.2) is 18.5 Å². The van der Waals surface area contributed by atoms with E-state index in [1.165, 1.54) is 38.3 Å². The number of rotatable bonds is 3. The highest BCUT2D eigenvalue weighted by atomic mass is 19.1. The number of hydrogen-bond acceptors (Lipinski definition) is 2. The van der Waals surface area contributed by atoms with Crippen molar-refractivity contribution in [2.24, 2.45) is 5.41 Å². The van der Waals surface area contributed by atoms with E-state index < -0.39 is 0 Å². The normalized spacial score (nSPS) is 21.1. The molecule has 1 aromatic heterocycles. The molecule has 1 fully saturated rings. The number of halogens is 1. The highest BCUT2D eigenvalue weighted by Gasteiger charge is 2.35. The Hall–Kier alpha value is -0.960. The molecule has 0 amide bonds. The van der Waals surface area contributed by atoms with Gasteiger partial charge in [0.1, 0.15) is 5.82 Å². The Morgan fingerprint density at radius 1 is 1.29 bits per heavy atom. The van der Waals surface area contributed by atoms with E-state index in [1.807, 2.05) is 7.05 Å². The van der Waals surface area contributed by atoms with E-state index in [2.05, 4.69) is 17.2 Å². The predicted molar refractivity (Wildman–Crippen MR) is 67.2 cm³/mol. The second-order valence-corrected chi connectivity index (χ2v) is 5.37. The fourth-order valence-electron chi connectivity index (χ4n) is 3.15. The van der Waals surface area contributed by atoms with Crippen LogP contribution < -0.4 is 5.32 Å². The molecule has 1 aromatic rings. The van der Waals surface area contributed by atoms with Crippen LogP contribution in [0.1, 0.15) is 50.6 Å². The summed E-state index contributed by atoms with van der Waals surface area (Å²) in [5, 5.41) is 3.35. The molecule has 1 saturated carbocycles. The van der Waals surface area contributed by atoms with Crippen LogP contribution in [0.5, 0.6) is 0 Å². The van der Waals surface area contributed by atoms with Crippen LogP contribution in [0.3, 0.4) is 0 Å². The van der Waals surface area contributed by atoms with Crippen molar-refractivity contribution < 1.29 is 4.39 Å². The predicted octanol–water partition coefficient (Wildman–Crippen LogP) is 3.45. The van der Waals surface area contributed by atoms with Crippen LogP contribution in [0, 0.1) is 11.2 Å². The Kier molecular flexibility index (Phi) is 3.77. The number of hydrogen-bond donors (Lipinski definition) is 1. The topological polar surface area (TPSA) is 24.9 Å². The summed E-state index contributed by atoms with van der Waals surface area (Å²) in [5.74, 6) is -0.248. The summed E-state index contributed by atoms with van der Waals surface area (Å²) in [6.07, 6.45) is 9.33. The number of aromatic nitrogens is 1. The van der Waals surface area contributed by atoms with Crippen LogP contribution in [-0.2, 0) is 0 Å². The van der Waals surface area contributed by atoms with Crippen molar-refractivity contribution in [3.63, 3.8) is 0 Å². The lowest BCUT2D eigenvalue weighted by atomic mass is 9.69. The molecule has 2 nitrogen and oxygen atoms in total. The third-order valence-electron chi connectivity index (χ3n) is 4.04. The average Bonchev–Trinajstić information content (AvgIpc) is 2.30. The molecule has 3 heteroatoms. The first-order valence-electron chi connectivity index (χ1n) is 6.43. The zero-order chi connectivity index (χ0) is 12.3. The maximum atomic E-state index is 13.3. The van der Waals surface area contributed by atoms with E-state index in [0.29, 0.717) is 0 Å². The smallest absolute Gasteiger partial charge is 0.141 e. The highest BCUT2D eigenvalue weighted by Crippen LogP contribution is 2.45. The zero-order valence-electron chi connectivity index (χ0n) is 10.7. The van der Waals surface area contributed by atoms with Crippen molar-refractivity contribution >= 4 is 0 Å². The van der Waals surface area contributed by atoms with Crippen molar-refractivity contribution in [2.45, 2.75) is 45.1 Å². The molecule has 1 aliphatic carbocycles. The molecule has 0 bridgehead atoms. The summed E-state index contributed by atoms with van der Waals surface area (Å²) in [5.41, 5.74) is 1.19. The van der Waals surface area contributed by atoms with Gasteiger partial charge in [-0.05, 0) is 36.9 Å². The van der Waals surface area contributed by atoms with E-state index in [9.17, 15) is 4.39 Å². The Morgan fingerprint density at radius 2 is 2.00 bits per heavy atom. The lowest BCUT2D eigenvalue weighted by molar-refractivity contribution is 0.150. The largest absolute Gasteiger partial charge is 0.312 e. The third-order valence-corrected chi connectivity index (χ3v) is 4.04. The Labute approximate surface area is 103 Å². The minimum atomic E-state index is -0.248. The van der Waals surface area contributed by atoms with Gasteiger partial charge in [0, 0.05) is 12.2 Å². The molecular weight excluding hydrogens is 215 g/mol. The molecule has 0 saturated heterocycles. The molecule has 94 valence electrons. The monoisotopic (exact) mass is 236 g/mol. The number of pyridine rings is 1. The van der Waals surface area contributed by atoms with Gasteiger partial charge >= 0.3 is 0 Å². The van der Waals surface area contributed by atoms with Crippen LogP contribution in [0.2, 0.25) is 0 Å². The molecule has 2 rings (SSSR count). The highest BCUT2D eigenvalue weighted by molar-refractivity contribution is 5.18. The standard InChI is InChI=1S/C14H21FN2/c1-14(6-4-3-5-7-14)13(16-2)11-8-12(15)10-17-9-11/h8-10,13,16H,3-7H2,1-2H3. The van der Waals surface area contributed by atoms with E-state index >= 15 is 0 Å². The van der Waals surface area contributed by atoms with Crippen LogP contribution in [-0.4, -0.2) is 12.0 Å². The molecule has 1 atom stereocenters. The quantitative estimate of drug-likeness (QED) is 0.869. The van der Waals surface area contributed by atoms with Crippen LogP contribution in [0.25, 0.3) is 0 Å². The van der Waals surface area contributed by atoms with Crippen molar-refractivity contribution in [3.05, 3.63) is 29.8 Å². The van der Waals surface area contributed by atoms with Gasteiger partial charge in [0.15, 0.2) is 0 Å². The zero-order valence-corrected chi connectivity index (χ0v) is 10.7. The summed E-state index contributed by atoms with van der Waals surface area (Å²) in [4.78, 5) is 3.96. The maximum absolute atomic E-state index is 13.3. The van der Waals surface area contributed by atoms with Gasteiger partial charge in [0.2, 0.25) is 0 Å². The summed E-state index contributed by atoms with van der Waals surface area (Å²) in [7, 11) is 1.95. The van der Waals surface area contributed by atoms with Gasteiger partial charge in [0.25, 0.3) is 0 Å². The van der Waals surface area contributed by atoms with Crippen molar-refractivity contribution in [3.8, 4) is 0 Å². The van der Waals surface area contributed by atoms with Crippen molar-refractivity contribution in [1.29, 1.82) is 0 Å². The molecule has 1 N–H and O–H groups in total. The van der Waals surface area contributed by atoms with Gasteiger partial charge < -0.3 is 5.32 Å². The fourth-order valence-corrected chi connectivity index (χ4v) is 3.15. The molecule has 0 radical (unpaired) electrons. The Balaban J connectivity index is 2.26. The second kappa shape index (κ2) is 5.13. The van der Waals surface area contributed by atoms with Crippen LogP contribution in [0.4, 0.5) is 4.39 Å². The summed E-state index contributed by atoms with van der Waals surface area (Å²) in [6, 6.07) is 1.81. The molecule has 1 aliphatic rings. The van der Waals surface area contributed by atoms with Gasteiger partial charge in [-0.25, -0.2) is 4.39 Å². The molecule has 17 heavy (non-hydrogen) atoms. The second-order valence-electron chi connectivity index (χ2n) is 5.37. The van der Waals surface area contributed by atoms with Gasteiger partial charge in [-0.15, -0.1) is 0 Å². The summed E-state index contributed by atoms with van der Waals surface area (Å²) >= 11 is 0. The van der Waals surface area contributed by atoms with Gasteiger partial charge in [0.05, 0.1) is 6.20 Å². The first kappa shape index (κ1) is 12.5. The fraction of sp³-hybridized carbons (Fsp3) is 0.643. The summed E-state index contributed by atoms with van der Waals surface area (Å²) in [6.45, 7) is 2.30. The van der Waals surface area contributed by atoms with Gasteiger partial charge in [-0.2, -0.15) is 0 Å². The molecule has 0 aromatic carbocycles. The van der Waals surface area contributed by atoms with Gasteiger partial charge in [-0.1, -0.05) is 26.2 Å². The van der Waals surface area contributed by atoms with E-state index in [-0.39, 0.29) is 17.3 Å². The van der Waals surface area contributed by atoms with Crippen molar-refractivity contribution in [2.75, 3.05) is 7.05 Å². The maximum Gasteiger partial charge on any atom is 0.141 e. The lowest BCUT2D eigenvalue weighted by Gasteiger charge is -2.40. The first-order valence-corrected chi connectivity index (χ1v) is 6.43. The molecule has 0 spiro atoms.